The molecule has 0 bridgehead atoms. The molecule has 0 amide bonds. The summed E-state index contributed by atoms with van der Waals surface area (Å²) in [5.41, 5.74) is -0.797. The summed E-state index contributed by atoms with van der Waals surface area (Å²) >= 11 is 0. The Labute approximate surface area is 102 Å². The fraction of sp³-hybridized carbons (Fsp3) is 0.917. The normalized spacial score (nSPS) is 28.5. The van der Waals surface area contributed by atoms with Crippen molar-refractivity contribution in [1.82, 2.24) is 5.32 Å². The molecule has 1 aliphatic carbocycles. The summed E-state index contributed by atoms with van der Waals surface area (Å²) < 4.78 is 10.9. The first-order valence-electron chi connectivity index (χ1n) is 6.26. The van der Waals surface area contributed by atoms with E-state index in [1.807, 2.05) is 0 Å². The van der Waals surface area contributed by atoms with Crippen LogP contribution in [0.2, 0.25) is 0 Å². The zero-order valence-electron chi connectivity index (χ0n) is 10.7. The zero-order chi connectivity index (χ0) is 12.7. The smallest absolute Gasteiger partial charge is 0.323 e. The maximum Gasteiger partial charge on any atom is 0.323 e. The van der Waals surface area contributed by atoms with Crippen molar-refractivity contribution in [2.75, 3.05) is 26.9 Å². The minimum atomic E-state index is -0.797. The van der Waals surface area contributed by atoms with Crippen LogP contribution in [0.1, 0.15) is 32.6 Å². The van der Waals surface area contributed by atoms with E-state index < -0.39 is 11.5 Å². The van der Waals surface area contributed by atoms with Gasteiger partial charge in [-0.3, -0.25) is 4.79 Å². The van der Waals surface area contributed by atoms with Crippen LogP contribution in [0.15, 0.2) is 0 Å². The molecule has 1 aliphatic rings. The molecule has 1 fully saturated rings. The Hall–Kier alpha value is -0.650. The average molecular weight is 245 g/mol. The summed E-state index contributed by atoms with van der Waals surface area (Å²) in [6.45, 7) is 3.95. The van der Waals surface area contributed by atoms with Crippen molar-refractivity contribution >= 4 is 5.97 Å². The molecule has 1 saturated carbocycles. The van der Waals surface area contributed by atoms with Gasteiger partial charge in [-0.05, 0) is 26.3 Å². The number of likely N-dealkylation sites (N-methyl/N-ethyl adjacent to an activating group) is 1. The molecule has 5 nitrogen and oxygen atoms in total. The van der Waals surface area contributed by atoms with Gasteiger partial charge in [0, 0.05) is 13.0 Å². The standard InChI is InChI=1S/C12H23NO4/c1-3-6-16-7-8-17-10-4-5-12(9-10,13-2)11(14)15/h10,13H,3-9H2,1-2H3,(H,14,15). The molecule has 0 radical (unpaired) electrons. The summed E-state index contributed by atoms with van der Waals surface area (Å²) in [7, 11) is 1.70. The number of rotatable bonds is 8. The molecule has 0 aliphatic heterocycles. The molecule has 1 rings (SSSR count). The van der Waals surface area contributed by atoms with Gasteiger partial charge in [0.1, 0.15) is 5.54 Å². The van der Waals surface area contributed by atoms with E-state index >= 15 is 0 Å². The van der Waals surface area contributed by atoms with Crippen LogP contribution in [-0.2, 0) is 14.3 Å². The average Bonchev–Trinajstić information content (AvgIpc) is 2.74. The van der Waals surface area contributed by atoms with E-state index in [0.717, 1.165) is 19.4 Å². The second-order valence-electron chi connectivity index (χ2n) is 4.49. The summed E-state index contributed by atoms with van der Waals surface area (Å²) in [6.07, 6.45) is 2.99. The predicted molar refractivity (Wildman–Crippen MR) is 64.1 cm³/mol. The number of carboxylic acids is 1. The summed E-state index contributed by atoms with van der Waals surface area (Å²) in [6, 6.07) is 0. The minimum Gasteiger partial charge on any atom is -0.480 e. The first-order valence-corrected chi connectivity index (χ1v) is 6.26. The molecule has 0 aromatic heterocycles. The fourth-order valence-electron chi connectivity index (χ4n) is 2.19. The van der Waals surface area contributed by atoms with E-state index in [1.54, 1.807) is 7.05 Å². The summed E-state index contributed by atoms with van der Waals surface area (Å²) in [5, 5.41) is 12.1. The second kappa shape index (κ2) is 6.93. The lowest BCUT2D eigenvalue weighted by Crippen LogP contribution is -2.48. The summed E-state index contributed by atoms with van der Waals surface area (Å²) in [4.78, 5) is 11.2. The first-order chi connectivity index (χ1) is 8.14. The predicted octanol–water partition coefficient (Wildman–Crippen LogP) is 1.02. The van der Waals surface area contributed by atoms with Crippen LogP contribution in [0.3, 0.4) is 0 Å². The van der Waals surface area contributed by atoms with Crippen LogP contribution >= 0.6 is 0 Å². The molecule has 2 unspecified atom stereocenters. The van der Waals surface area contributed by atoms with Crippen LogP contribution < -0.4 is 5.32 Å². The Morgan fingerprint density at radius 3 is 2.76 bits per heavy atom. The van der Waals surface area contributed by atoms with Crippen molar-refractivity contribution in [2.24, 2.45) is 0 Å². The number of nitrogens with one attached hydrogen (secondary N) is 1. The van der Waals surface area contributed by atoms with Gasteiger partial charge in [-0.25, -0.2) is 0 Å². The number of ether oxygens (including phenoxy) is 2. The number of aliphatic carboxylic acids is 1. The Morgan fingerprint density at radius 1 is 1.47 bits per heavy atom. The van der Waals surface area contributed by atoms with Crippen LogP contribution in [0.4, 0.5) is 0 Å². The van der Waals surface area contributed by atoms with Crippen molar-refractivity contribution in [3.63, 3.8) is 0 Å². The highest BCUT2D eigenvalue weighted by atomic mass is 16.5. The lowest BCUT2D eigenvalue weighted by atomic mass is 9.98. The highest BCUT2D eigenvalue weighted by Gasteiger charge is 2.44. The molecule has 0 saturated heterocycles. The van der Waals surface area contributed by atoms with Gasteiger partial charge in [-0.2, -0.15) is 0 Å². The highest BCUT2D eigenvalue weighted by Crippen LogP contribution is 2.31. The number of carboxylic acid groups (broad SMARTS) is 1. The van der Waals surface area contributed by atoms with Crippen LogP contribution in [0.5, 0.6) is 0 Å². The second-order valence-corrected chi connectivity index (χ2v) is 4.49. The Bertz CT molecular complexity index is 247. The highest BCUT2D eigenvalue weighted by molar-refractivity contribution is 5.79. The Kier molecular flexibility index (Phi) is 5.88. The Balaban J connectivity index is 2.23. The fourth-order valence-corrected chi connectivity index (χ4v) is 2.19. The van der Waals surface area contributed by atoms with Crippen molar-refractivity contribution in [2.45, 2.75) is 44.2 Å². The van der Waals surface area contributed by atoms with E-state index in [-0.39, 0.29) is 6.10 Å². The molecule has 0 heterocycles. The van der Waals surface area contributed by atoms with Gasteiger partial charge in [-0.15, -0.1) is 0 Å². The molecule has 5 heteroatoms. The Morgan fingerprint density at radius 2 is 2.24 bits per heavy atom. The van der Waals surface area contributed by atoms with Crippen molar-refractivity contribution in [3.8, 4) is 0 Å². The number of carbonyl (C=O) groups is 1. The van der Waals surface area contributed by atoms with Gasteiger partial charge in [0.2, 0.25) is 0 Å². The maximum atomic E-state index is 11.2. The third-order valence-corrected chi connectivity index (χ3v) is 3.29. The number of hydrogen-bond donors (Lipinski definition) is 2. The maximum absolute atomic E-state index is 11.2. The molecular formula is C12H23NO4. The van der Waals surface area contributed by atoms with Crippen molar-refractivity contribution < 1.29 is 19.4 Å². The van der Waals surface area contributed by atoms with Gasteiger partial charge in [0.15, 0.2) is 0 Å². The zero-order valence-corrected chi connectivity index (χ0v) is 10.7. The molecule has 2 N–H and O–H groups in total. The lowest BCUT2D eigenvalue weighted by molar-refractivity contribution is -0.144. The third-order valence-electron chi connectivity index (χ3n) is 3.29. The van der Waals surface area contributed by atoms with E-state index in [4.69, 9.17) is 9.47 Å². The van der Waals surface area contributed by atoms with Crippen LogP contribution in [-0.4, -0.2) is 49.6 Å². The molecule has 0 aromatic carbocycles. The molecule has 0 aromatic rings. The van der Waals surface area contributed by atoms with Gasteiger partial charge in [0.05, 0.1) is 19.3 Å². The number of hydrogen-bond acceptors (Lipinski definition) is 4. The van der Waals surface area contributed by atoms with Crippen LogP contribution in [0, 0.1) is 0 Å². The quantitative estimate of drug-likeness (QED) is 0.625. The van der Waals surface area contributed by atoms with Gasteiger partial charge in [-0.1, -0.05) is 6.92 Å². The van der Waals surface area contributed by atoms with E-state index in [2.05, 4.69) is 12.2 Å². The SMILES string of the molecule is CCCOCCOC1CCC(NC)(C(=O)O)C1. The molecule has 17 heavy (non-hydrogen) atoms. The van der Waals surface area contributed by atoms with Gasteiger partial charge in [0.25, 0.3) is 0 Å². The topological polar surface area (TPSA) is 67.8 Å². The van der Waals surface area contributed by atoms with E-state index in [9.17, 15) is 9.90 Å². The largest absolute Gasteiger partial charge is 0.480 e. The molecular weight excluding hydrogens is 222 g/mol. The van der Waals surface area contributed by atoms with Gasteiger partial charge >= 0.3 is 5.97 Å². The van der Waals surface area contributed by atoms with Crippen LogP contribution in [0.25, 0.3) is 0 Å². The molecule has 100 valence electrons. The minimum absolute atomic E-state index is 0.0313. The third kappa shape index (κ3) is 3.94. The van der Waals surface area contributed by atoms with Gasteiger partial charge < -0.3 is 19.9 Å². The van der Waals surface area contributed by atoms with Crippen molar-refractivity contribution in [1.29, 1.82) is 0 Å². The first kappa shape index (κ1) is 14.4. The van der Waals surface area contributed by atoms with Crippen molar-refractivity contribution in [3.05, 3.63) is 0 Å². The van der Waals surface area contributed by atoms with E-state index in [0.29, 0.717) is 26.1 Å². The lowest BCUT2D eigenvalue weighted by Gasteiger charge is -2.23. The molecule has 2 atom stereocenters. The summed E-state index contributed by atoms with van der Waals surface area (Å²) in [5.74, 6) is -0.784. The molecule has 0 spiro atoms. The monoisotopic (exact) mass is 245 g/mol. The van der Waals surface area contributed by atoms with E-state index in [1.165, 1.54) is 0 Å².